The van der Waals surface area contributed by atoms with Crippen LogP contribution in [-0.4, -0.2) is 18.5 Å². The zero-order chi connectivity index (χ0) is 22.2. The largest absolute Gasteiger partial charge is 0.369 e. The Morgan fingerprint density at radius 1 is 1.30 bits per heavy atom. The van der Waals surface area contributed by atoms with Crippen molar-refractivity contribution in [2.24, 2.45) is 0 Å². The molecule has 0 saturated heterocycles. The van der Waals surface area contributed by atoms with Gasteiger partial charge in [-0.15, -0.1) is 0 Å². The topological polar surface area (TPSA) is 56.1 Å². The summed E-state index contributed by atoms with van der Waals surface area (Å²) in [5.74, 6) is -0.128. The van der Waals surface area contributed by atoms with Crippen LogP contribution in [0.25, 0.3) is 6.08 Å². The molecule has 0 fully saturated rings. The van der Waals surface area contributed by atoms with Gasteiger partial charge in [-0.05, 0) is 86.2 Å². The van der Waals surface area contributed by atoms with E-state index in [4.69, 9.17) is 23.2 Å². The van der Waals surface area contributed by atoms with E-state index in [0.717, 1.165) is 17.5 Å². The quantitative estimate of drug-likeness (QED) is 0.432. The maximum atomic E-state index is 12.7. The molecule has 30 heavy (non-hydrogen) atoms. The first-order valence-corrected chi connectivity index (χ1v) is 10.6. The van der Waals surface area contributed by atoms with Gasteiger partial charge in [0.1, 0.15) is 11.6 Å². The molecule has 0 radical (unpaired) electrons. The Morgan fingerprint density at radius 3 is 2.63 bits per heavy atom. The zero-order valence-electron chi connectivity index (χ0n) is 17.8. The van der Waals surface area contributed by atoms with E-state index in [1.807, 2.05) is 13.0 Å². The molecule has 1 N–H and O–H groups in total. The predicted molar refractivity (Wildman–Crippen MR) is 125 cm³/mol. The van der Waals surface area contributed by atoms with Gasteiger partial charge in [-0.1, -0.05) is 30.1 Å². The molecule has 156 valence electrons. The fourth-order valence-corrected chi connectivity index (χ4v) is 4.43. The normalized spacial score (nSPS) is 17.9. The molecule has 0 aliphatic carbocycles. The molecule has 0 saturated carbocycles. The van der Waals surface area contributed by atoms with Crippen molar-refractivity contribution in [2.45, 2.75) is 45.6 Å². The number of benzene rings is 2. The number of aryl methyl sites for hydroxylation is 1. The van der Waals surface area contributed by atoms with Crippen LogP contribution in [0.15, 0.2) is 35.9 Å². The summed E-state index contributed by atoms with van der Waals surface area (Å²) >= 11 is 12.0. The number of nitrogens with zero attached hydrogens (tertiary/aromatic N) is 2. The van der Waals surface area contributed by atoms with E-state index < -0.39 is 5.91 Å². The van der Waals surface area contributed by atoms with E-state index in [9.17, 15) is 10.1 Å². The smallest absolute Gasteiger partial charge is 0.266 e. The van der Waals surface area contributed by atoms with Crippen molar-refractivity contribution in [1.82, 2.24) is 0 Å². The summed E-state index contributed by atoms with van der Waals surface area (Å²) in [4.78, 5) is 15.0. The summed E-state index contributed by atoms with van der Waals surface area (Å²) in [6.07, 6.45) is 2.67. The fourth-order valence-electron chi connectivity index (χ4n) is 3.97. The highest BCUT2D eigenvalue weighted by atomic mass is 35.5. The Balaban J connectivity index is 1.96. The number of rotatable bonds is 3. The molecule has 1 aliphatic heterocycles. The molecule has 6 heteroatoms. The molecule has 1 unspecified atom stereocenters. The monoisotopic (exact) mass is 441 g/mol. The minimum atomic E-state index is -0.509. The summed E-state index contributed by atoms with van der Waals surface area (Å²) in [7, 11) is 2.11. The van der Waals surface area contributed by atoms with Gasteiger partial charge in [-0.25, -0.2) is 0 Å². The molecule has 1 heterocycles. The number of nitriles is 1. The number of amides is 1. The summed E-state index contributed by atoms with van der Waals surface area (Å²) in [6, 6.07) is 11.0. The maximum Gasteiger partial charge on any atom is 0.266 e. The average molecular weight is 442 g/mol. The van der Waals surface area contributed by atoms with Crippen LogP contribution >= 0.6 is 23.2 Å². The van der Waals surface area contributed by atoms with Crippen molar-refractivity contribution >= 4 is 46.6 Å². The molecule has 0 bridgehead atoms. The second kappa shape index (κ2) is 8.34. The maximum absolute atomic E-state index is 12.7. The lowest BCUT2D eigenvalue weighted by atomic mass is 9.79. The summed E-state index contributed by atoms with van der Waals surface area (Å²) in [5.41, 5.74) is 4.80. The van der Waals surface area contributed by atoms with E-state index in [1.54, 1.807) is 24.3 Å². The lowest BCUT2D eigenvalue weighted by Gasteiger charge is -2.45. The molecule has 0 spiro atoms. The van der Waals surface area contributed by atoms with E-state index in [0.29, 0.717) is 21.7 Å². The Hall–Kier alpha value is -2.48. The number of halogens is 2. The van der Waals surface area contributed by atoms with E-state index in [-0.39, 0.29) is 11.1 Å². The number of carbonyl (C=O) groups is 1. The third kappa shape index (κ3) is 4.33. The molecule has 1 amide bonds. The van der Waals surface area contributed by atoms with Crippen LogP contribution in [-0.2, 0) is 4.79 Å². The van der Waals surface area contributed by atoms with E-state index >= 15 is 0 Å². The minimum absolute atomic E-state index is 0.0150. The van der Waals surface area contributed by atoms with Gasteiger partial charge < -0.3 is 10.2 Å². The van der Waals surface area contributed by atoms with E-state index in [2.05, 4.69) is 50.2 Å². The van der Waals surface area contributed by atoms with Crippen LogP contribution in [0.2, 0.25) is 10.0 Å². The number of anilines is 2. The van der Waals surface area contributed by atoms with Gasteiger partial charge in [-0.2, -0.15) is 5.26 Å². The molecule has 2 aromatic rings. The van der Waals surface area contributed by atoms with Crippen LogP contribution < -0.4 is 10.2 Å². The number of hydrogen-bond acceptors (Lipinski definition) is 3. The average Bonchev–Trinajstić information content (AvgIpc) is 2.66. The lowest BCUT2D eigenvalue weighted by Crippen LogP contribution is -2.45. The molecule has 0 aromatic heterocycles. The molecule has 1 atom stereocenters. The fraction of sp³-hybridized carbons (Fsp3) is 0.333. The Labute approximate surface area is 188 Å². The summed E-state index contributed by atoms with van der Waals surface area (Å²) in [5, 5.41) is 13.1. The van der Waals surface area contributed by atoms with Gasteiger partial charge in [0.05, 0.1) is 10.7 Å². The van der Waals surface area contributed by atoms with Gasteiger partial charge in [0.25, 0.3) is 5.91 Å². The number of fused-ring (bicyclic) bond motifs is 1. The third-order valence-electron chi connectivity index (χ3n) is 5.87. The van der Waals surface area contributed by atoms with Crippen LogP contribution in [0, 0.1) is 18.3 Å². The van der Waals surface area contributed by atoms with Crippen molar-refractivity contribution in [3.8, 4) is 6.07 Å². The number of carbonyl (C=O) groups excluding carboxylic acids is 1. The third-order valence-corrected chi connectivity index (χ3v) is 6.41. The summed E-state index contributed by atoms with van der Waals surface area (Å²) in [6.45, 7) is 8.71. The van der Waals surface area contributed by atoms with Crippen molar-refractivity contribution < 1.29 is 4.79 Å². The SMILES string of the molecule is Cc1cc2c(cc1/C=C(\C#N)C(=O)Nc1ccc(Cl)cc1Cl)C(C)CC(C)(C)N2C. The molecule has 4 nitrogen and oxygen atoms in total. The van der Waals surface area contributed by atoms with Crippen LogP contribution in [0.3, 0.4) is 0 Å². The van der Waals surface area contributed by atoms with Crippen molar-refractivity contribution in [3.05, 3.63) is 62.6 Å². The first kappa shape index (κ1) is 22.2. The number of nitrogens with one attached hydrogen (secondary N) is 1. The van der Waals surface area contributed by atoms with Gasteiger partial charge in [0.2, 0.25) is 0 Å². The van der Waals surface area contributed by atoms with Gasteiger partial charge in [-0.3, -0.25) is 4.79 Å². The second-order valence-corrected chi connectivity index (χ2v) is 9.34. The molecule has 3 rings (SSSR count). The highest BCUT2D eigenvalue weighted by Crippen LogP contribution is 2.43. The van der Waals surface area contributed by atoms with Crippen molar-refractivity contribution in [2.75, 3.05) is 17.3 Å². The second-order valence-electron chi connectivity index (χ2n) is 8.49. The molecular formula is C24H25Cl2N3O. The molecular weight excluding hydrogens is 417 g/mol. The molecule has 1 aliphatic rings. The Bertz CT molecular complexity index is 1080. The minimum Gasteiger partial charge on any atom is -0.369 e. The zero-order valence-corrected chi connectivity index (χ0v) is 19.3. The van der Waals surface area contributed by atoms with Gasteiger partial charge in [0, 0.05) is 23.3 Å². The van der Waals surface area contributed by atoms with Crippen molar-refractivity contribution in [3.63, 3.8) is 0 Å². The van der Waals surface area contributed by atoms with Crippen LogP contribution in [0.1, 0.15) is 49.8 Å². The Kier molecular flexibility index (Phi) is 6.17. The Morgan fingerprint density at radius 2 is 2.00 bits per heavy atom. The van der Waals surface area contributed by atoms with E-state index in [1.165, 1.54) is 11.3 Å². The number of hydrogen-bond donors (Lipinski definition) is 1. The van der Waals surface area contributed by atoms with Gasteiger partial charge in [0.15, 0.2) is 0 Å². The highest BCUT2D eigenvalue weighted by molar-refractivity contribution is 6.36. The summed E-state index contributed by atoms with van der Waals surface area (Å²) < 4.78 is 0. The lowest BCUT2D eigenvalue weighted by molar-refractivity contribution is -0.112. The first-order chi connectivity index (χ1) is 14.0. The van der Waals surface area contributed by atoms with Crippen molar-refractivity contribution in [1.29, 1.82) is 5.26 Å². The standard InChI is InChI=1S/C24H25Cl2N3O/c1-14-8-22-19(15(2)12-24(3,4)29(22)5)10-16(14)9-17(13-27)23(30)28-21-7-6-18(25)11-20(21)26/h6-11,15H,12H2,1-5H3,(H,28,30)/b17-9+. The molecule has 2 aromatic carbocycles. The first-order valence-electron chi connectivity index (χ1n) is 9.80. The highest BCUT2D eigenvalue weighted by Gasteiger charge is 2.34. The van der Waals surface area contributed by atoms with Crippen LogP contribution in [0.5, 0.6) is 0 Å². The van der Waals surface area contributed by atoms with Crippen LogP contribution in [0.4, 0.5) is 11.4 Å². The van der Waals surface area contributed by atoms with Gasteiger partial charge >= 0.3 is 0 Å². The predicted octanol–water partition coefficient (Wildman–Crippen LogP) is 6.57.